The van der Waals surface area contributed by atoms with Crippen molar-refractivity contribution in [2.45, 2.75) is 58.5 Å². The van der Waals surface area contributed by atoms with E-state index < -0.39 is 0 Å². The number of nitrogens with one attached hydrogen (secondary N) is 1. The van der Waals surface area contributed by atoms with Crippen LogP contribution in [-0.2, 0) is 6.54 Å². The smallest absolute Gasteiger partial charge is 0.274 e. The summed E-state index contributed by atoms with van der Waals surface area (Å²) in [5, 5.41) is 3.31. The van der Waals surface area contributed by atoms with E-state index in [2.05, 4.69) is 21.4 Å². The molecule has 148 valence electrons. The van der Waals surface area contributed by atoms with E-state index in [9.17, 15) is 4.79 Å². The molecule has 0 fully saturated rings. The van der Waals surface area contributed by atoms with Gasteiger partial charge in [0.1, 0.15) is 11.5 Å². The Bertz CT molecular complexity index is 784. The normalized spacial score (nSPS) is 13.9. The van der Waals surface area contributed by atoms with Crippen LogP contribution in [0.25, 0.3) is 0 Å². The summed E-state index contributed by atoms with van der Waals surface area (Å²) in [5.41, 5.74) is 3.02. The second kappa shape index (κ2) is 10.0. The van der Waals surface area contributed by atoms with Crippen molar-refractivity contribution in [3.63, 3.8) is 0 Å². The van der Waals surface area contributed by atoms with Crippen molar-refractivity contribution in [2.75, 3.05) is 11.9 Å². The quantitative estimate of drug-likeness (QED) is 0.669. The molecule has 0 unspecified atom stereocenters. The molecule has 5 nitrogen and oxygen atoms in total. The number of anilines is 1. The third-order valence-electron chi connectivity index (χ3n) is 5.09. The number of hydrogen-bond acceptors (Lipinski definition) is 4. The number of rotatable bonds is 8. The number of allylic oxidation sites excluding steroid dienone is 1. The van der Waals surface area contributed by atoms with Gasteiger partial charge in [-0.15, -0.1) is 0 Å². The first-order valence-corrected chi connectivity index (χ1v) is 10.2. The molecular formula is C23H30N4O. The van der Waals surface area contributed by atoms with Gasteiger partial charge in [-0.2, -0.15) is 0 Å². The number of nitrogens with zero attached hydrogens (tertiary/aromatic N) is 3. The van der Waals surface area contributed by atoms with Gasteiger partial charge < -0.3 is 10.2 Å². The van der Waals surface area contributed by atoms with Gasteiger partial charge in [-0.25, -0.2) is 9.97 Å². The van der Waals surface area contributed by atoms with Crippen molar-refractivity contribution in [3.8, 4) is 0 Å². The third kappa shape index (κ3) is 5.65. The summed E-state index contributed by atoms with van der Waals surface area (Å²) in [5.74, 6) is 0.623. The first-order chi connectivity index (χ1) is 13.6. The van der Waals surface area contributed by atoms with E-state index in [0.29, 0.717) is 18.1 Å². The molecule has 0 radical (unpaired) electrons. The minimum absolute atomic E-state index is 0.0797. The van der Waals surface area contributed by atoms with Gasteiger partial charge in [-0.3, -0.25) is 4.79 Å². The Morgan fingerprint density at radius 2 is 1.96 bits per heavy atom. The van der Waals surface area contributed by atoms with Crippen LogP contribution in [0.15, 0.2) is 54.4 Å². The van der Waals surface area contributed by atoms with Gasteiger partial charge in [0.2, 0.25) is 0 Å². The summed E-state index contributed by atoms with van der Waals surface area (Å²) in [7, 11) is 0. The monoisotopic (exact) mass is 378 g/mol. The van der Waals surface area contributed by atoms with Crippen LogP contribution in [0.2, 0.25) is 0 Å². The summed E-state index contributed by atoms with van der Waals surface area (Å²) in [6.07, 6.45) is 11.7. The highest BCUT2D eigenvalue weighted by Gasteiger charge is 2.20. The molecule has 0 spiro atoms. The number of amides is 1. The molecule has 2 aromatic rings. The van der Waals surface area contributed by atoms with Crippen molar-refractivity contribution >= 4 is 11.7 Å². The van der Waals surface area contributed by atoms with Crippen LogP contribution in [-0.4, -0.2) is 33.4 Å². The largest absolute Gasteiger partial charge is 0.368 e. The lowest BCUT2D eigenvalue weighted by Crippen LogP contribution is -2.37. The summed E-state index contributed by atoms with van der Waals surface area (Å²) in [4.78, 5) is 23.5. The molecule has 1 amide bonds. The highest BCUT2D eigenvalue weighted by Crippen LogP contribution is 2.20. The van der Waals surface area contributed by atoms with Crippen molar-refractivity contribution in [3.05, 3.63) is 65.6 Å². The SMILES string of the molecule is CC(C)N(Cc1ccccc1)C(=O)c1cnc(NCCC2=CCCCC2)cn1. The molecule has 0 atom stereocenters. The van der Waals surface area contributed by atoms with Gasteiger partial charge in [-0.05, 0) is 51.5 Å². The lowest BCUT2D eigenvalue weighted by Gasteiger charge is -2.26. The van der Waals surface area contributed by atoms with Crippen molar-refractivity contribution in [2.24, 2.45) is 0 Å². The highest BCUT2D eigenvalue weighted by atomic mass is 16.2. The second-order valence-corrected chi connectivity index (χ2v) is 7.58. The van der Waals surface area contributed by atoms with Gasteiger partial charge in [0.15, 0.2) is 0 Å². The van der Waals surface area contributed by atoms with E-state index in [-0.39, 0.29) is 11.9 Å². The molecular weight excluding hydrogens is 348 g/mol. The molecule has 1 aromatic heterocycles. The highest BCUT2D eigenvalue weighted by molar-refractivity contribution is 5.92. The molecule has 0 saturated heterocycles. The topological polar surface area (TPSA) is 58.1 Å². The van der Waals surface area contributed by atoms with E-state index in [1.807, 2.05) is 49.1 Å². The van der Waals surface area contributed by atoms with Gasteiger partial charge in [0.05, 0.1) is 12.4 Å². The Morgan fingerprint density at radius 1 is 1.14 bits per heavy atom. The molecule has 5 heteroatoms. The maximum Gasteiger partial charge on any atom is 0.274 e. The lowest BCUT2D eigenvalue weighted by molar-refractivity contribution is 0.0684. The maximum absolute atomic E-state index is 12.9. The van der Waals surface area contributed by atoms with Crippen molar-refractivity contribution in [1.29, 1.82) is 0 Å². The lowest BCUT2D eigenvalue weighted by atomic mass is 9.97. The van der Waals surface area contributed by atoms with Crippen LogP contribution in [0.4, 0.5) is 5.82 Å². The first kappa shape index (κ1) is 20.1. The Labute approximate surface area is 167 Å². The van der Waals surface area contributed by atoms with Crippen LogP contribution >= 0.6 is 0 Å². The molecule has 3 rings (SSSR count). The standard InChI is InChI=1S/C23H30N4O/c1-18(2)27(17-20-11-7-4-8-12-20)23(28)21-15-26-22(16-25-21)24-14-13-19-9-5-3-6-10-19/h4,7-9,11-12,15-16,18H,3,5-6,10,13-14,17H2,1-2H3,(H,24,26). The molecule has 28 heavy (non-hydrogen) atoms. The van der Waals surface area contributed by atoms with Crippen molar-refractivity contribution < 1.29 is 4.79 Å². The average Bonchev–Trinajstić information content (AvgIpc) is 2.73. The minimum Gasteiger partial charge on any atom is -0.368 e. The molecule has 1 aliphatic rings. The van der Waals surface area contributed by atoms with Crippen LogP contribution in [0.3, 0.4) is 0 Å². The zero-order valence-corrected chi connectivity index (χ0v) is 16.9. The fraction of sp³-hybridized carbons (Fsp3) is 0.435. The Balaban J connectivity index is 1.57. The van der Waals surface area contributed by atoms with Crippen LogP contribution in [0.5, 0.6) is 0 Å². The Kier molecular flexibility index (Phi) is 7.18. The fourth-order valence-corrected chi connectivity index (χ4v) is 3.43. The molecule has 1 N–H and O–H groups in total. The summed E-state index contributed by atoms with van der Waals surface area (Å²) in [6.45, 7) is 5.45. The number of carbonyl (C=O) groups excluding carboxylic acids is 1. The Hall–Kier alpha value is -2.69. The summed E-state index contributed by atoms with van der Waals surface area (Å²) in [6, 6.07) is 10.1. The number of carbonyl (C=O) groups is 1. The Morgan fingerprint density at radius 3 is 2.61 bits per heavy atom. The van der Waals surface area contributed by atoms with E-state index in [1.54, 1.807) is 12.4 Å². The predicted molar refractivity (Wildman–Crippen MR) is 113 cm³/mol. The van der Waals surface area contributed by atoms with Crippen molar-refractivity contribution in [1.82, 2.24) is 14.9 Å². The number of aromatic nitrogens is 2. The molecule has 0 saturated carbocycles. The van der Waals surface area contributed by atoms with Gasteiger partial charge in [-0.1, -0.05) is 42.0 Å². The zero-order chi connectivity index (χ0) is 19.8. The van der Waals surface area contributed by atoms with Crippen LogP contribution in [0.1, 0.15) is 62.0 Å². The maximum atomic E-state index is 12.9. The van der Waals surface area contributed by atoms with Gasteiger partial charge >= 0.3 is 0 Å². The van der Waals surface area contributed by atoms with E-state index in [1.165, 1.54) is 31.3 Å². The van der Waals surface area contributed by atoms with Crippen LogP contribution in [0, 0.1) is 0 Å². The first-order valence-electron chi connectivity index (χ1n) is 10.2. The van der Waals surface area contributed by atoms with Gasteiger partial charge in [0, 0.05) is 19.1 Å². The minimum atomic E-state index is -0.0923. The third-order valence-corrected chi connectivity index (χ3v) is 5.09. The molecule has 1 heterocycles. The van der Waals surface area contributed by atoms with E-state index in [0.717, 1.165) is 18.5 Å². The van der Waals surface area contributed by atoms with Crippen LogP contribution < -0.4 is 5.32 Å². The summed E-state index contributed by atoms with van der Waals surface area (Å²) >= 11 is 0. The molecule has 0 bridgehead atoms. The van der Waals surface area contributed by atoms with E-state index >= 15 is 0 Å². The van der Waals surface area contributed by atoms with E-state index in [4.69, 9.17) is 0 Å². The predicted octanol–water partition coefficient (Wildman–Crippen LogP) is 4.83. The number of benzene rings is 1. The molecule has 1 aliphatic carbocycles. The molecule has 1 aromatic carbocycles. The summed E-state index contributed by atoms with van der Waals surface area (Å²) < 4.78 is 0. The zero-order valence-electron chi connectivity index (χ0n) is 16.9. The van der Waals surface area contributed by atoms with Gasteiger partial charge in [0.25, 0.3) is 5.91 Å². The fourth-order valence-electron chi connectivity index (χ4n) is 3.43. The number of hydrogen-bond donors (Lipinski definition) is 1. The molecule has 0 aliphatic heterocycles. The second-order valence-electron chi connectivity index (χ2n) is 7.58. The average molecular weight is 379 g/mol.